The highest BCUT2D eigenvalue weighted by atomic mass is 35.5. The molecule has 2 heterocycles. The number of benzene rings is 1. The quantitative estimate of drug-likeness (QED) is 0.776. The first kappa shape index (κ1) is 21.6. The van der Waals surface area contributed by atoms with Crippen molar-refractivity contribution in [2.45, 2.75) is 25.8 Å². The molecule has 1 aromatic heterocycles. The number of aromatic nitrogens is 1. The number of amides is 2. The molecule has 0 bridgehead atoms. The Hall–Kier alpha value is -2.09. The number of ether oxygens (including phenoxy) is 1. The zero-order chi connectivity index (χ0) is 19.5. The van der Waals surface area contributed by atoms with Gasteiger partial charge in [0, 0.05) is 41.8 Å². The van der Waals surface area contributed by atoms with Gasteiger partial charge in [-0.3, -0.25) is 9.59 Å². The number of rotatable bonds is 5. The zero-order valence-electron chi connectivity index (χ0n) is 16.5. The van der Waals surface area contributed by atoms with E-state index in [9.17, 15) is 9.59 Å². The molecule has 0 radical (unpaired) electrons. The molecule has 7 nitrogen and oxygen atoms in total. The number of nitrogens with two attached hydrogens (primary N) is 1. The standard InChI is InChI=1S/C21H28N4O3.ClH/c22-13-16-2-1-3-18(16)21(27)23-17-4-5-19-15(12-17)6-7-25(19)14-20(26)24-8-10-28-11-9-24;/h4-7,12,16,18H,1-3,8-11,13-14,22H2,(H,23,27);1H/t16-,18-;/m1./s1. The number of carbonyl (C=O) groups excluding carboxylic acids is 2. The first-order valence-electron chi connectivity index (χ1n) is 10.1. The van der Waals surface area contributed by atoms with Crippen molar-refractivity contribution in [3.05, 3.63) is 30.5 Å². The van der Waals surface area contributed by atoms with Crippen LogP contribution in [0.1, 0.15) is 19.3 Å². The van der Waals surface area contributed by atoms with E-state index in [-0.39, 0.29) is 36.1 Å². The van der Waals surface area contributed by atoms with Gasteiger partial charge >= 0.3 is 0 Å². The molecule has 1 saturated heterocycles. The van der Waals surface area contributed by atoms with Gasteiger partial charge in [0.25, 0.3) is 0 Å². The van der Waals surface area contributed by atoms with Gasteiger partial charge < -0.3 is 25.3 Å². The van der Waals surface area contributed by atoms with E-state index in [1.165, 1.54) is 0 Å². The summed E-state index contributed by atoms with van der Waals surface area (Å²) in [4.78, 5) is 27.0. The molecular weight excluding hydrogens is 392 g/mol. The summed E-state index contributed by atoms with van der Waals surface area (Å²) in [6.07, 6.45) is 4.94. The lowest BCUT2D eigenvalue weighted by Crippen LogP contribution is -2.42. The van der Waals surface area contributed by atoms with Crippen molar-refractivity contribution in [1.82, 2.24) is 9.47 Å². The van der Waals surface area contributed by atoms with E-state index in [0.29, 0.717) is 39.4 Å². The molecule has 2 amide bonds. The van der Waals surface area contributed by atoms with Gasteiger partial charge in [-0.1, -0.05) is 6.42 Å². The highest BCUT2D eigenvalue weighted by Gasteiger charge is 2.31. The monoisotopic (exact) mass is 420 g/mol. The first-order chi connectivity index (χ1) is 13.7. The van der Waals surface area contributed by atoms with Gasteiger partial charge in [0.05, 0.1) is 13.2 Å². The van der Waals surface area contributed by atoms with Crippen molar-refractivity contribution >= 4 is 40.8 Å². The second-order valence-electron chi connectivity index (χ2n) is 7.73. The summed E-state index contributed by atoms with van der Waals surface area (Å²) in [6.45, 7) is 3.39. The third-order valence-electron chi connectivity index (χ3n) is 6.01. The topological polar surface area (TPSA) is 89.6 Å². The number of nitrogens with one attached hydrogen (secondary N) is 1. The van der Waals surface area contributed by atoms with Crippen LogP contribution in [0.25, 0.3) is 10.9 Å². The average Bonchev–Trinajstić information content (AvgIpc) is 3.35. The molecule has 0 unspecified atom stereocenters. The summed E-state index contributed by atoms with van der Waals surface area (Å²) >= 11 is 0. The van der Waals surface area contributed by atoms with Gasteiger partial charge in [-0.2, -0.15) is 0 Å². The van der Waals surface area contributed by atoms with Crippen molar-refractivity contribution in [1.29, 1.82) is 0 Å². The fourth-order valence-electron chi connectivity index (χ4n) is 4.37. The Morgan fingerprint density at radius 1 is 1.17 bits per heavy atom. The lowest BCUT2D eigenvalue weighted by atomic mass is 9.95. The maximum Gasteiger partial charge on any atom is 0.242 e. The highest BCUT2D eigenvalue weighted by Crippen LogP contribution is 2.32. The molecule has 158 valence electrons. The molecule has 2 aliphatic rings. The lowest BCUT2D eigenvalue weighted by molar-refractivity contribution is -0.135. The third kappa shape index (κ3) is 4.74. The third-order valence-corrected chi connectivity index (χ3v) is 6.01. The smallest absolute Gasteiger partial charge is 0.242 e. The molecule has 29 heavy (non-hydrogen) atoms. The Labute approximate surface area is 177 Å². The molecule has 8 heteroatoms. The lowest BCUT2D eigenvalue weighted by Gasteiger charge is -2.27. The van der Waals surface area contributed by atoms with Crippen LogP contribution in [0.15, 0.2) is 30.5 Å². The van der Waals surface area contributed by atoms with Gasteiger partial charge in [-0.05, 0) is 49.6 Å². The number of hydrogen-bond acceptors (Lipinski definition) is 4. The van der Waals surface area contributed by atoms with E-state index < -0.39 is 0 Å². The number of halogens is 1. The molecule has 3 N–H and O–H groups in total. The minimum absolute atomic E-state index is 0. The van der Waals surface area contributed by atoms with Crippen LogP contribution in [0, 0.1) is 11.8 Å². The van der Waals surface area contributed by atoms with Crippen LogP contribution in [0.3, 0.4) is 0 Å². The van der Waals surface area contributed by atoms with Crippen LogP contribution in [0.4, 0.5) is 5.69 Å². The van der Waals surface area contributed by atoms with Crippen LogP contribution < -0.4 is 11.1 Å². The second kappa shape index (κ2) is 9.61. The molecule has 2 atom stereocenters. The summed E-state index contributed by atoms with van der Waals surface area (Å²) in [7, 11) is 0. The Balaban J connectivity index is 0.00000240. The van der Waals surface area contributed by atoms with Gasteiger partial charge in [0.2, 0.25) is 11.8 Å². The minimum Gasteiger partial charge on any atom is -0.378 e. The Bertz CT molecular complexity index is 863. The predicted octanol–water partition coefficient (Wildman–Crippen LogP) is 2.24. The minimum atomic E-state index is 0. The molecule has 1 aromatic carbocycles. The SMILES string of the molecule is Cl.NC[C@H]1CCC[C@H]1C(=O)Nc1ccc2c(ccn2CC(=O)N2CCOCC2)c1. The molecular formula is C21H29ClN4O3. The Kier molecular flexibility index (Phi) is 7.16. The van der Waals surface area contributed by atoms with E-state index in [2.05, 4.69) is 5.32 Å². The molecule has 1 aliphatic heterocycles. The summed E-state index contributed by atoms with van der Waals surface area (Å²) in [5.74, 6) is 0.467. The number of nitrogens with zero attached hydrogens (tertiary/aromatic N) is 2. The number of fused-ring (bicyclic) bond motifs is 1. The Morgan fingerprint density at radius 2 is 1.97 bits per heavy atom. The number of anilines is 1. The number of morpholine rings is 1. The van der Waals surface area contributed by atoms with E-state index in [1.807, 2.05) is 39.9 Å². The first-order valence-corrected chi connectivity index (χ1v) is 10.1. The van der Waals surface area contributed by atoms with Crippen molar-refractivity contribution in [2.75, 3.05) is 38.2 Å². The van der Waals surface area contributed by atoms with Crippen LogP contribution in [0.2, 0.25) is 0 Å². The van der Waals surface area contributed by atoms with Crippen molar-refractivity contribution in [2.24, 2.45) is 17.6 Å². The van der Waals surface area contributed by atoms with Crippen molar-refractivity contribution in [3.8, 4) is 0 Å². The maximum absolute atomic E-state index is 12.6. The highest BCUT2D eigenvalue weighted by molar-refractivity contribution is 5.95. The van der Waals surface area contributed by atoms with Crippen molar-refractivity contribution < 1.29 is 14.3 Å². The zero-order valence-corrected chi connectivity index (χ0v) is 17.3. The van der Waals surface area contributed by atoms with E-state index >= 15 is 0 Å². The normalized spacial score (nSPS) is 21.8. The molecule has 1 aliphatic carbocycles. The van der Waals surface area contributed by atoms with E-state index in [1.54, 1.807) is 0 Å². The molecule has 0 spiro atoms. The fraction of sp³-hybridized carbons (Fsp3) is 0.524. The van der Waals surface area contributed by atoms with Crippen LogP contribution in [-0.2, 0) is 20.9 Å². The number of carbonyl (C=O) groups is 2. The van der Waals surface area contributed by atoms with E-state index in [0.717, 1.165) is 35.9 Å². The van der Waals surface area contributed by atoms with E-state index in [4.69, 9.17) is 10.5 Å². The largest absolute Gasteiger partial charge is 0.378 e. The number of hydrogen-bond donors (Lipinski definition) is 2. The predicted molar refractivity (Wildman–Crippen MR) is 115 cm³/mol. The van der Waals surface area contributed by atoms with Gasteiger partial charge in [0.15, 0.2) is 0 Å². The summed E-state index contributed by atoms with van der Waals surface area (Å²) < 4.78 is 7.27. The van der Waals surface area contributed by atoms with Crippen LogP contribution >= 0.6 is 12.4 Å². The summed E-state index contributed by atoms with van der Waals surface area (Å²) in [5.41, 5.74) is 7.58. The molecule has 4 rings (SSSR count). The van der Waals surface area contributed by atoms with Crippen molar-refractivity contribution in [3.63, 3.8) is 0 Å². The maximum atomic E-state index is 12.6. The van der Waals surface area contributed by atoms with Gasteiger partial charge in [0.1, 0.15) is 6.54 Å². The van der Waals surface area contributed by atoms with Crippen LogP contribution in [0.5, 0.6) is 0 Å². The summed E-state index contributed by atoms with van der Waals surface area (Å²) in [5, 5.41) is 4.06. The molecule has 2 fully saturated rings. The second-order valence-corrected chi connectivity index (χ2v) is 7.73. The molecule has 2 aromatic rings. The van der Waals surface area contributed by atoms with Crippen LogP contribution in [-0.4, -0.2) is 54.1 Å². The Morgan fingerprint density at radius 3 is 2.72 bits per heavy atom. The fourth-order valence-corrected chi connectivity index (χ4v) is 4.37. The average molecular weight is 421 g/mol. The van der Waals surface area contributed by atoms with Gasteiger partial charge in [-0.25, -0.2) is 0 Å². The molecule has 1 saturated carbocycles. The van der Waals surface area contributed by atoms with Gasteiger partial charge in [-0.15, -0.1) is 12.4 Å². The summed E-state index contributed by atoms with van der Waals surface area (Å²) in [6, 6.07) is 7.82.